The highest BCUT2D eigenvalue weighted by atomic mass is 32.2. The van der Waals surface area contributed by atoms with Crippen LogP contribution in [0.25, 0.3) is 0 Å². The van der Waals surface area contributed by atoms with Gasteiger partial charge in [-0.2, -0.15) is 8.42 Å². The van der Waals surface area contributed by atoms with E-state index < -0.39 is 27.8 Å². The zero-order chi connectivity index (χ0) is 17.2. The van der Waals surface area contributed by atoms with Gasteiger partial charge in [0.25, 0.3) is 0 Å². The van der Waals surface area contributed by atoms with Gasteiger partial charge < -0.3 is 14.7 Å². The summed E-state index contributed by atoms with van der Waals surface area (Å²) in [4.78, 5) is 12.4. The van der Waals surface area contributed by atoms with Crippen molar-refractivity contribution in [3.63, 3.8) is 0 Å². The molecule has 0 amide bonds. The monoisotopic (exact) mass is 345 g/mol. The van der Waals surface area contributed by atoms with Crippen LogP contribution in [-0.4, -0.2) is 14.2 Å². The number of ketones is 1. The molecule has 1 unspecified atom stereocenters. The van der Waals surface area contributed by atoms with E-state index >= 15 is 0 Å². The molecule has 0 spiro atoms. The summed E-state index contributed by atoms with van der Waals surface area (Å²) in [6.45, 7) is 0. The Labute approximate surface area is 139 Å². The van der Waals surface area contributed by atoms with Crippen molar-refractivity contribution in [3.8, 4) is 0 Å². The number of Topliss-reactive ketones (excluding diaryl/α,β-unsaturated/α-hetero) is 1. The van der Waals surface area contributed by atoms with Gasteiger partial charge in [0.2, 0.25) is 17.4 Å². The lowest BCUT2D eigenvalue weighted by Crippen LogP contribution is -2.16. The fourth-order valence-corrected chi connectivity index (χ4v) is 3.42. The molecule has 0 aromatic heterocycles. The Hall–Kier alpha value is -2.80. The molecule has 6 nitrogen and oxygen atoms in total. The van der Waals surface area contributed by atoms with Crippen LogP contribution in [0.15, 0.2) is 72.3 Å². The van der Waals surface area contributed by atoms with Gasteiger partial charge in [0.05, 0.1) is 0 Å². The largest absolute Gasteiger partial charge is 0.460 e. The molecule has 1 heterocycles. The van der Waals surface area contributed by atoms with E-state index in [-0.39, 0.29) is 11.6 Å². The average Bonchev–Trinajstić information content (AvgIpc) is 2.84. The van der Waals surface area contributed by atoms with Crippen LogP contribution in [0.4, 0.5) is 0 Å². The Morgan fingerprint density at radius 3 is 2.21 bits per heavy atom. The second-order valence-electron chi connectivity index (χ2n) is 5.24. The van der Waals surface area contributed by atoms with E-state index in [0.717, 1.165) is 0 Å². The van der Waals surface area contributed by atoms with Crippen molar-refractivity contribution >= 4 is 15.9 Å². The summed E-state index contributed by atoms with van der Waals surface area (Å²) >= 11 is 0. The molecule has 124 valence electrons. The first kappa shape index (κ1) is 16.1. The van der Waals surface area contributed by atoms with Crippen LogP contribution in [0.3, 0.4) is 0 Å². The summed E-state index contributed by atoms with van der Waals surface area (Å²) in [5, 5.41) is 0. The number of hydrogen-bond donors (Lipinski definition) is 1. The lowest BCUT2D eigenvalue weighted by atomic mass is 10.1. The molecule has 2 aromatic carbocycles. The summed E-state index contributed by atoms with van der Waals surface area (Å²) in [7, 11) is -4.03. The van der Waals surface area contributed by atoms with Crippen molar-refractivity contribution in [2.45, 2.75) is 11.9 Å². The van der Waals surface area contributed by atoms with Gasteiger partial charge in [0, 0.05) is 5.56 Å². The van der Waals surface area contributed by atoms with Gasteiger partial charge in [-0.3, -0.25) is 4.79 Å². The molecule has 24 heavy (non-hydrogen) atoms. The summed E-state index contributed by atoms with van der Waals surface area (Å²) in [5.41, 5.74) is 6.76. The third-order valence-corrected chi connectivity index (χ3v) is 4.54. The van der Waals surface area contributed by atoms with E-state index in [0.29, 0.717) is 11.1 Å². The molecule has 2 N–H and O–H groups in total. The molecule has 0 saturated carbocycles. The Kier molecular flexibility index (Phi) is 4.26. The van der Waals surface area contributed by atoms with Gasteiger partial charge >= 0.3 is 10.1 Å². The van der Waals surface area contributed by atoms with Gasteiger partial charge in [0.1, 0.15) is 5.75 Å². The lowest BCUT2D eigenvalue weighted by molar-refractivity contribution is -0.123. The van der Waals surface area contributed by atoms with Crippen molar-refractivity contribution in [1.82, 2.24) is 0 Å². The predicted octanol–water partition coefficient (Wildman–Crippen LogP) is 2.00. The highest BCUT2D eigenvalue weighted by Gasteiger charge is 2.39. The lowest BCUT2D eigenvalue weighted by Gasteiger charge is -2.09. The second kappa shape index (κ2) is 6.37. The first-order chi connectivity index (χ1) is 11.5. The zero-order valence-corrected chi connectivity index (χ0v) is 13.4. The molecule has 0 bridgehead atoms. The molecule has 1 atom stereocenters. The molecular formula is C17H15NO5S. The summed E-state index contributed by atoms with van der Waals surface area (Å²) in [6.07, 6.45) is -0.992. The Morgan fingerprint density at radius 2 is 1.58 bits per heavy atom. The minimum absolute atomic E-state index is 0.328. The maximum absolute atomic E-state index is 12.4. The molecule has 7 heteroatoms. The highest BCUT2D eigenvalue weighted by Crippen LogP contribution is 2.32. The molecular weight excluding hydrogens is 330 g/mol. The van der Waals surface area contributed by atoms with Crippen molar-refractivity contribution in [3.05, 3.63) is 83.4 Å². The summed E-state index contributed by atoms with van der Waals surface area (Å²) in [6, 6.07) is 17.2. The number of carbonyl (C=O) groups is 1. The van der Waals surface area contributed by atoms with Crippen LogP contribution < -0.4 is 5.73 Å². The number of benzene rings is 2. The summed E-state index contributed by atoms with van der Waals surface area (Å²) in [5.74, 6) is -1.78. The Bertz CT molecular complexity index is 876. The maximum atomic E-state index is 12.4. The first-order valence-electron chi connectivity index (χ1n) is 7.18. The SMILES string of the molecule is NC1=C(OS(=O)(=O)Cc2ccccc2)C(=O)C(c2ccccc2)O1. The van der Waals surface area contributed by atoms with Crippen molar-refractivity contribution in [2.75, 3.05) is 0 Å². The van der Waals surface area contributed by atoms with Crippen molar-refractivity contribution in [1.29, 1.82) is 0 Å². The fourth-order valence-electron chi connectivity index (χ4n) is 2.34. The van der Waals surface area contributed by atoms with Gasteiger partial charge in [0.15, 0.2) is 6.10 Å². The molecule has 0 radical (unpaired) electrons. The molecule has 1 aliphatic rings. The molecule has 0 saturated heterocycles. The van der Waals surface area contributed by atoms with E-state index in [4.69, 9.17) is 14.7 Å². The fraction of sp³-hybridized carbons (Fsp3) is 0.118. The van der Waals surface area contributed by atoms with Crippen LogP contribution in [0.5, 0.6) is 0 Å². The van der Waals surface area contributed by atoms with Crippen LogP contribution in [0.2, 0.25) is 0 Å². The second-order valence-corrected chi connectivity index (χ2v) is 6.81. The van der Waals surface area contributed by atoms with E-state index in [1.807, 2.05) is 0 Å². The predicted molar refractivity (Wildman–Crippen MR) is 86.6 cm³/mol. The smallest absolute Gasteiger partial charge is 0.313 e. The minimum Gasteiger partial charge on any atom is -0.460 e. The minimum atomic E-state index is -4.03. The zero-order valence-electron chi connectivity index (χ0n) is 12.6. The van der Waals surface area contributed by atoms with Crippen molar-refractivity contribution in [2.24, 2.45) is 5.73 Å². The van der Waals surface area contributed by atoms with E-state index in [1.54, 1.807) is 60.7 Å². The number of hydrogen-bond acceptors (Lipinski definition) is 6. The topological polar surface area (TPSA) is 95.7 Å². The van der Waals surface area contributed by atoms with E-state index in [9.17, 15) is 13.2 Å². The highest BCUT2D eigenvalue weighted by molar-refractivity contribution is 7.86. The van der Waals surface area contributed by atoms with Crippen molar-refractivity contribution < 1.29 is 22.1 Å². The molecule has 1 aliphatic heterocycles. The van der Waals surface area contributed by atoms with E-state index in [1.165, 1.54) is 0 Å². The maximum Gasteiger partial charge on any atom is 0.313 e. The molecule has 2 aromatic rings. The van der Waals surface area contributed by atoms with Gasteiger partial charge in [-0.15, -0.1) is 0 Å². The Balaban J connectivity index is 1.77. The summed E-state index contributed by atoms with van der Waals surface area (Å²) < 4.78 is 34.6. The number of carbonyl (C=O) groups excluding carboxylic acids is 1. The Morgan fingerprint density at radius 1 is 1.00 bits per heavy atom. The molecule has 0 fully saturated rings. The van der Waals surface area contributed by atoms with E-state index in [2.05, 4.69) is 0 Å². The number of rotatable bonds is 5. The first-order valence-corrected chi connectivity index (χ1v) is 8.76. The van der Waals surface area contributed by atoms with Gasteiger partial charge in [-0.1, -0.05) is 60.7 Å². The van der Waals surface area contributed by atoms with Crippen LogP contribution in [0.1, 0.15) is 17.2 Å². The van der Waals surface area contributed by atoms with Gasteiger partial charge in [-0.05, 0) is 5.56 Å². The third-order valence-electron chi connectivity index (χ3n) is 3.43. The number of ether oxygens (including phenoxy) is 1. The quantitative estimate of drug-likeness (QED) is 0.833. The normalized spacial score (nSPS) is 17.7. The van der Waals surface area contributed by atoms with Crippen LogP contribution in [-0.2, 0) is 29.6 Å². The molecule has 3 rings (SSSR count). The van der Waals surface area contributed by atoms with Crippen LogP contribution >= 0.6 is 0 Å². The average molecular weight is 345 g/mol. The van der Waals surface area contributed by atoms with Crippen LogP contribution in [0, 0.1) is 0 Å². The molecule has 0 aliphatic carbocycles. The third kappa shape index (κ3) is 3.41. The number of nitrogens with two attached hydrogens (primary N) is 1. The van der Waals surface area contributed by atoms with Gasteiger partial charge in [-0.25, -0.2) is 0 Å². The standard InChI is InChI=1S/C17H15NO5S/c18-17-16(14(19)15(22-17)13-9-5-2-6-10-13)23-24(20,21)11-12-7-3-1-4-8-12/h1-10,15H,11,18H2.